The molecule has 0 aliphatic carbocycles. The highest BCUT2D eigenvalue weighted by Crippen LogP contribution is 2.29. The molecule has 2 aromatic carbocycles. The van der Waals surface area contributed by atoms with E-state index in [-0.39, 0.29) is 10.6 Å². The highest BCUT2D eigenvalue weighted by atomic mass is 79.9. The smallest absolute Gasteiger partial charge is 0.126 e. The lowest BCUT2D eigenvalue weighted by atomic mass is 10.0. The van der Waals surface area contributed by atoms with Crippen molar-refractivity contribution in [3.8, 4) is 5.75 Å². The van der Waals surface area contributed by atoms with E-state index >= 15 is 0 Å². The van der Waals surface area contributed by atoms with Crippen LogP contribution in [0.3, 0.4) is 0 Å². The molecule has 1 nitrogen and oxygen atoms in total. The number of halogens is 2. The second kappa shape index (κ2) is 6.01. The van der Waals surface area contributed by atoms with Gasteiger partial charge in [0.1, 0.15) is 11.6 Å². The molecule has 0 bridgehead atoms. The minimum absolute atomic E-state index is 0.0736. The van der Waals surface area contributed by atoms with Crippen molar-refractivity contribution < 1.29 is 9.13 Å². The summed E-state index contributed by atoms with van der Waals surface area (Å²) >= 11 is 3.60. The van der Waals surface area contributed by atoms with Crippen LogP contribution in [0.25, 0.3) is 0 Å². The molecule has 94 valence electrons. The van der Waals surface area contributed by atoms with Gasteiger partial charge in [0.05, 0.1) is 7.11 Å². The van der Waals surface area contributed by atoms with Crippen LogP contribution < -0.4 is 4.74 Å². The maximum atomic E-state index is 13.6. The lowest BCUT2D eigenvalue weighted by Crippen LogP contribution is -1.98. The summed E-state index contributed by atoms with van der Waals surface area (Å²) in [6, 6.07) is 14.6. The van der Waals surface area contributed by atoms with Gasteiger partial charge in [-0.25, -0.2) is 4.39 Å². The third-order valence-electron chi connectivity index (χ3n) is 2.81. The molecule has 0 saturated carbocycles. The lowest BCUT2D eigenvalue weighted by molar-refractivity contribution is 0.414. The standard InChI is InChI=1S/C15H14BrFO/c1-18-13-7-4-6-11(9-13)14(16)10-12-5-2-3-8-15(12)17/h2-9,14H,10H2,1H3. The van der Waals surface area contributed by atoms with Gasteiger partial charge in [-0.2, -0.15) is 0 Å². The van der Waals surface area contributed by atoms with Crippen molar-refractivity contribution >= 4 is 15.9 Å². The van der Waals surface area contributed by atoms with Crippen LogP contribution in [0.2, 0.25) is 0 Å². The van der Waals surface area contributed by atoms with Crippen LogP contribution in [-0.4, -0.2) is 7.11 Å². The highest BCUT2D eigenvalue weighted by molar-refractivity contribution is 9.09. The van der Waals surface area contributed by atoms with Crippen LogP contribution >= 0.6 is 15.9 Å². The first-order chi connectivity index (χ1) is 8.70. The zero-order valence-electron chi connectivity index (χ0n) is 10.1. The number of alkyl halides is 1. The third kappa shape index (κ3) is 3.10. The Bertz CT molecular complexity index is 527. The molecule has 0 saturated heterocycles. The van der Waals surface area contributed by atoms with E-state index in [9.17, 15) is 4.39 Å². The summed E-state index contributed by atoms with van der Waals surface area (Å²) in [5.41, 5.74) is 1.79. The predicted octanol–water partition coefficient (Wildman–Crippen LogP) is 4.51. The van der Waals surface area contributed by atoms with Crippen LogP contribution in [0.1, 0.15) is 16.0 Å². The van der Waals surface area contributed by atoms with Crippen LogP contribution in [-0.2, 0) is 6.42 Å². The van der Waals surface area contributed by atoms with Crippen molar-refractivity contribution in [2.24, 2.45) is 0 Å². The fourth-order valence-electron chi connectivity index (χ4n) is 1.81. The molecule has 3 heteroatoms. The van der Waals surface area contributed by atoms with Gasteiger partial charge < -0.3 is 4.74 Å². The molecule has 2 aromatic rings. The number of hydrogen-bond donors (Lipinski definition) is 0. The fraction of sp³-hybridized carbons (Fsp3) is 0.200. The third-order valence-corrected chi connectivity index (χ3v) is 3.66. The Morgan fingerprint density at radius 2 is 1.94 bits per heavy atom. The van der Waals surface area contributed by atoms with Gasteiger partial charge in [-0.3, -0.25) is 0 Å². The molecular formula is C15H14BrFO. The van der Waals surface area contributed by atoms with E-state index < -0.39 is 0 Å². The second-order valence-electron chi connectivity index (χ2n) is 4.04. The first kappa shape index (κ1) is 13.1. The SMILES string of the molecule is COc1cccc(C(Br)Cc2ccccc2F)c1. The molecule has 18 heavy (non-hydrogen) atoms. The van der Waals surface area contributed by atoms with Crippen molar-refractivity contribution in [1.29, 1.82) is 0 Å². The average Bonchev–Trinajstić information content (AvgIpc) is 2.41. The average molecular weight is 309 g/mol. The molecule has 0 aliphatic heterocycles. The molecule has 0 aromatic heterocycles. The highest BCUT2D eigenvalue weighted by Gasteiger charge is 2.11. The fourth-order valence-corrected chi connectivity index (χ4v) is 2.44. The Morgan fingerprint density at radius 1 is 1.17 bits per heavy atom. The van der Waals surface area contributed by atoms with E-state index in [2.05, 4.69) is 15.9 Å². The van der Waals surface area contributed by atoms with Gasteiger partial charge >= 0.3 is 0 Å². The molecular weight excluding hydrogens is 295 g/mol. The van der Waals surface area contributed by atoms with Crippen LogP contribution in [0.5, 0.6) is 5.75 Å². The summed E-state index contributed by atoms with van der Waals surface area (Å²) in [5, 5.41) is 0. The van der Waals surface area contributed by atoms with Crippen molar-refractivity contribution in [1.82, 2.24) is 0 Å². The van der Waals surface area contributed by atoms with Gasteiger partial charge in [0.25, 0.3) is 0 Å². The molecule has 1 atom stereocenters. The molecule has 0 fully saturated rings. The Hall–Kier alpha value is -1.35. The Kier molecular flexibility index (Phi) is 4.37. The van der Waals surface area contributed by atoms with E-state index in [1.807, 2.05) is 36.4 Å². The summed E-state index contributed by atoms with van der Waals surface area (Å²) in [6.07, 6.45) is 0.611. The van der Waals surface area contributed by atoms with Gasteiger partial charge in [0.2, 0.25) is 0 Å². The monoisotopic (exact) mass is 308 g/mol. The summed E-state index contributed by atoms with van der Waals surface area (Å²) in [7, 11) is 1.64. The van der Waals surface area contributed by atoms with Crippen molar-refractivity contribution in [2.45, 2.75) is 11.2 Å². The molecule has 0 spiro atoms. The van der Waals surface area contributed by atoms with Gasteiger partial charge in [0.15, 0.2) is 0 Å². The molecule has 0 heterocycles. The first-order valence-corrected chi connectivity index (χ1v) is 6.63. The maximum absolute atomic E-state index is 13.6. The Balaban J connectivity index is 2.16. The lowest BCUT2D eigenvalue weighted by Gasteiger charge is -2.12. The van der Waals surface area contributed by atoms with Gasteiger partial charge in [-0.05, 0) is 35.7 Å². The minimum atomic E-state index is -0.162. The number of benzene rings is 2. The number of ether oxygens (including phenoxy) is 1. The van der Waals surface area contributed by atoms with E-state index in [0.29, 0.717) is 12.0 Å². The molecule has 0 radical (unpaired) electrons. The number of hydrogen-bond acceptors (Lipinski definition) is 1. The van der Waals surface area contributed by atoms with Crippen molar-refractivity contribution in [3.05, 3.63) is 65.5 Å². The Labute approximate surface area is 115 Å². The van der Waals surface area contributed by atoms with Crippen LogP contribution in [0.4, 0.5) is 4.39 Å². The van der Waals surface area contributed by atoms with Crippen molar-refractivity contribution in [2.75, 3.05) is 7.11 Å². The van der Waals surface area contributed by atoms with E-state index in [0.717, 1.165) is 11.3 Å². The summed E-state index contributed by atoms with van der Waals surface area (Å²) in [5.74, 6) is 0.648. The molecule has 0 aliphatic rings. The number of rotatable bonds is 4. The molecule has 0 amide bonds. The van der Waals surface area contributed by atoms with Gasteiger partial charge in [0, 0.05) is 4.83 Å². The molecule has 0 N–H and O–H groups in total. The molecule has 1 unspecified atom stereocenters. The van der Waals surface area contributed by atoms with Crippen LogP contribution in [0.15, 0.2) is 48.5 Å². The van der Waals surface area contributed by atoms with E-state index in [4.69, 9.17) is 4.74 Å². The maximum Gasteiger partial charge on any atom is 0.126 e. The zero-order chi connectivity index (χ0) is 13.0. The predicted molar refractivity (Wildman–Crippen MR) is 74.8 cm³/mol. The topological polar surface area (TPSA) is 9.23 Å². The van der Waals surface area contributed by atoms with Crippen molar-refractivity contribution in [3.63, 3.8) is 0 Å². The van der Waals surface area contributed by atoms with E-state index in [1.165, 1.54) is 6.07 Å². The van der Waals surface area contributed by atoms with E-state index in [1.54, 1.807) is 13.2 Å². The molecule has 2 rings (SSSR count). The summed E-state index contributed by atoms with van der Waals surface area (Å²) in [4.78, 5) is 0.0736. The summed E-state index contributed by atoms with van der Waals surface area (Å²) in [6.45, 7) is 0. The van der Waals surface area contributed by atoms with Crippen LogP contribution in [0, 0.1) is 5.82 Å². The zero-order valence-corrected chi connectivity index (χ0v) is 11.7. The number of methoxy groups -OCH3 is 1. The minimum Gasteiger partial charge on any atom is -0.497 e. The normalized spacial score (nSPS) is 12.2. The first-order valence-electron chi connectivity index (χ1n) is 5.72. The summed E-state index contributed by atoms with van der Waals surface area (Å²) < 4.78 is 18.7. The Morgan fingerprint density at radius 3 is 2.67 bits per heavy atom. The van der Waals surface area contributed by atoms with Gasteiger partial charge in [-0.15, -0.1) is 0 Å². The quantitative estimate of drug-likeness (QED) is 0.755. The van der Waals surface area contributed by atoms with Gasteiger partial charge in [-0.1, -0.05) is 46.3 Å². The second-order valence-corrected chi connectivity index (χ2v) is 5.15. The largest absolute Gasteiger partial charge is 0.497 e.